The maximum atomic E-state index is 13.4. The average Bonchev–Trinajstić information content (AvgIpc) is 2.97. The lowest BCUT2D eigenvalue weighted by atomic mass is 9.95. The van der Waals surface area contributed by atoms with Gasteiger partial charge in [-0.25, -0.2) is 4.39 Å². The van der Waals surface area contributed by atoms with Crippen LogP contribution in [0.3, 0.4) is 0 Å². The molecule has 0 saturated carbocycles. The summed E-state index contributed by atoms with van der Waals surface area (Å²) in [6.07, 6.45) is 0.521. The van der Waals surface area contributed by atoms with Crippen molar-refractivity contribution in [2.24, 2.45) is 5.73 Å². The number of hydrogen-bond acceptors (Lipinski definition) is 4. The van der Waals surface area contributed by atoms with Gasteiger partial charge in [-0.1, -0.05) is 47.1 Å². The smallest absolute Gasteiger partial charge is 0.243 e. The molecule has 0 aliphatic carbocycles. The normalized spacial score (nSPS) is 11.8. The monoisotopic (exact) mass is 367 g/mol. The first-order chi connectivity index (χ1) is 11.0. The van der Waals surface area contributed by atoms with Gasteiger partial charge in [0.05, 0.1) is 11.1 Å². The first kappa shape index (κ1) is 18.4. The van der Waals surface area contributed by atoms with Crippen molar-refractivity contribution in [3.63, 3.8) is 0 Å². The fourth-order valence-corrected chi connectivity index (χ4v) is 2.61. The molecule has 1 unspecified atom stereocenters. The first-order valence-corrected chi connectivity index (χ1v) is 7.51. The molecule has 0 amide bonds. The number of nitrogens with zero attached hydrogens (tertiary/aromatic N) is 2. The number of aryl methyl sites for hydroxylation is 1. The Bertz CT molecular complexity index is 838. The number of halogens is 3. The molecule has 2 N–H and O–H groups in total. The summed E-state index contributed by atoms with van der Waals surface area (Å²) in [6, 6.07) is 12.0. The van der Waals surface area contributed by atoms with Gasteiger partial charge in [-0.2, -0.15) is 4.98 Å². The molecule has 2 aromatic carbocycles. The quantitative estimate of drug-likeness (QED) is 0.736. The van der Waals surface area contributed by atoms with Crippen molar-refractivity contribution in [1.82, 2.24) is 10.1 Å². The summed E-state index contributed by atoms with van der Waals surface area (Å²) >= 11 is 5.89. The second-order valence-corrected chi connectivity index (χ2v) is 5.68. The molecule has 4 nitrogen and oxygen atoms in total. The molecular weight excluding hydrogens is 352 g/mol. The van der Waals surface area contributed by atoms with Crippen molar-refractivity contribution in [2.75, 3.05) is 0 Å². The SMILES string of the molecule is Cc1noc(C(N)Cc2ccccc2-c2ccc(F)c(Cl)c2)n1.Cl. The van der Waals surface area contributed by atoms with Gasteiger partial charge in [0, 0.05) is 0 Å². The van der Waals surface area contributed by atoms with Gasteiger partial charge in [0.1, 0.15) is 5.82 Å². The summed E-state index contributed by atoms with van der Waals surface area (Å²) in [6.45, 7) is 1.74. The highest BCUT2D eigenvalue weighted by Crippen LogP contribution is 2.29. The van der Waals surface area contributed by atoms with E-state index in [4.69, 9.17) is 21.9 Å². The molecule has 0 fully saturated rings. The Hall–Kier alpha value is -1.95. The van der Waals surface area contributed by atoms with Crippen molar-refractivity contribution in [3.05, 3.63) is 70.6 Å². The van der Waals surface area contributed by atoms with Crippen LogP contribution in [0.25, 0.3) is 11.1 Å². The first-order valence-electron chi connectivity index (χ1n) is 7.13. The minimum absolute atomic E-state index is 0. The van der Waals surface area contributed by atoms with Crippen molar-refractivity contribution in [2.45, 2.75) is 19.4 Å². The summed E-state index contributed by atoms with van der Waals surface area (Å²) in [5.41, 5.74) is 8.94. The molecule has 0 radical (unpaired) electrons. The highest BCUT2D eigenvalue weighted by atomic mass is 35.5. The number of nitrogens with two attached hydrogens (primary N) is 1. The highest BCUT2D eigenvalue weighted by molar-refractivity contribution is 6.31. The van der Waals surface area contributed by atoms with E-state index in [9.17, 15) is 4.39 Å². The highest BCUT2D eigenvalue weighted by Gasteiger charge is 2.16. The van der Waals surface area contributed by atoms with Gasteiger partial charge in [-0.15, -0.1) is 12.4 Å². The molecule has 3 rings (SSSR count). The molecule has 126 valence electrons. The maximum Gasteiger partial charge on any atom is 0.243 e. The molecule has 1 aromatic heterocycles. The van der Waals surface area contributed by atoms with Crippen molar-refractivity contribution in [3.8, 4) is 11.1 Å². The zero-order valence-corrected chi connectivity index (χ0v) is 14.4. The van der Waals surface area contributed by atoms with Crippen LogP contribution in [-0.4, -0.2) is 10.1 Å². The third-order valence-electron chi connectivity index (χ3n) is 3.55. The Kier molecular flexibility index (Phi) is 5.94. The van der Waals surface area contributed by atoms with Gasteiger partial charge >= 0.3 is 0 Å². The summed E-state index contributed by atoms with van der Waals surface area (Å²) < 4.78 is 18.5. The summed E-state index contributed by atoms with van der Waals surface area (Å²) in [5.74, 6) is 0.509. The maximum absolute atomic E-state index is 13.4. The predicted molar refractivity (Wildman–Crippen MR) is 93.8 cm³/mol. The largest absolute Gasteiger partial charge is 0.338 e. The molecule has 0 aliphatic heterocycles. The van der Waals surface area contributed by atoms with Crippen LogP contribution < -0.4 is 5.73 Å². The third kappa shape index (κ3) is 3.93. The molecule has 1 atom stereocenters. The van der Waals surface area contributed by atoms with E-state index < -0.39 is 11.9 Å². The topological polar surface area (TPSA) is 64.9 Å². The molecular formula is C17H16Cl2FN3O. The Morgan fingerprint density at radius 2 is 2.00 bits per heavy atom. The van der Waals surface area contributed by atoms with E-state index >= 15 is 0 Å². The van der Waals surface area contributed by atoms with E-state index in [1.54, 1.807) is 19.1 Å². The van der Waals surface area contributed by atoms with Crippen LogP contribution in [0, 0.1) is 12.7 Å². The van der Waals surface area contributed by atoms with Crippen LogP contribution in [0.1, 0.15) is 23.3 Å². The lowest BCUT2D eigenvalue weighted by molar-refractivity contribution is 0.351. The Morgan fingerprint density at radius 1 is 1.25 bits per heavy atom. The molecule has 0 spiro atoms. The van der Waals surface area contributed by atoms with Crippen LogP contribution in [0.4, 0.5) is 4.39 Å². The second kappa shape index (κ2) is 7.75. The molecule has 3 aromatic rings. The van der Waals surface area contributed by atoms with Gasteiger partial charge in [-0.3, -0.25) is 0 Å². The van der Waals surface area contributed by atoms with Crippen molar-refractivity contribution < 1.29 is 8.91 Å². The third-order valence-corrected chi connectivity index (χ3v) is 3.84. The van der Waals surface area contributed by atoms with Crippen LogP contribution in [0.2, 0.25) is 5.02 Å². The van der Waals surface area contributed by atoms with Crippen LogP contribution in [0.15, 0.2) is 47.0 Å². The summed E-state index contributed by atoms with van der Waals surface area (Å²) in [7, 11) is 0. The lowest BCUT2D eigenvalue weighted by Crippen LogP contribution is -2.14. The minimum Gasteiger partial charge on any atom is -0.338 e. The summed E-state index contributed by atoms with van der Waals surface area (Å²) in [5, 5.41) is 3.85. The number of hydrogen-bond donors (Lipinski definition) is 1. The van der Waals surface area contributed by atoms with Gasteiger partial charge in [0.15, 0.2) is 5.82 Å². The van der Waals surface area contributed by atoms with Crippen LogP contribution in [0.5, 0.6) is 0 Å². The van der Waals surface area contributed by atoms with Crippen molar-refractivity contribution in [1.29, 1.82) is 0 Å². The van der Waals surface area contributed by atoms with E-state index in [2.05, 4.69) is 10.1 Å². The molecule has 1 heterocycles. The fourth-order valence-electron chi connectivity index (χ4n) is 2.43. The predicted octanol–water partition coefficient (Wildman–Crippen LogP) is 4.50. The molecule has 0 saturated heterocycles. The van der Waals surface area contributed by atoms with Crippen LogP contribution >= 0.6 is 24.0 Å². The van der Waals surface area contributed by atoms with Gasteiger partial charge in [0.25, 0.3) is 0 Å². The standard InChI is InChI=1S/C17H15ClFN3O.ClH/c1-10-21-17(23-22-10)16(20)9-11-4-2-3-5-13(11)12-6-7-15(19)14(18)8-12;/h2-8,16H,9,20H2,1H3;1H. The zero-order chi connectivity index (χ0) is 16.4. The van der Waals surface area contributed by atoms with E-state index in [1.165, 1.54) is 6.07 Å². The van der Waals surface area contributed by atoms with Gasteiger partial charge in [0.2, 0.25) is 5.89 Å². The van der Waals surface area contributed by atoms with E-state index in [0.717, 1.165) is 16.7 Å². The zero-order valence-electron chi connectivity index (χ0n) is 12.9. The number of aromatic nitrogens is 2. The Labute approximate surface area is 150 Å². The summed E-state index contributed by atoms with van der Waals surface area (Å²) in [4.78, 5) is 4.16. The van der Waals surface area contributed by atoms with Crippen LogP contribution in [-0.2, 0) is 6.42 Å². The fraction of sp³-hybridized carbons (Fsp3) is 0.176. The van der Waals surface area contributed by atoms with E-state index in [0.29, 0.717) is 18.1 Å². The van der Waals surface area contributed by atoms with Crippen molar-refractivity contribution >= 4 is 24.0 Å². The minimum atomic E-state index is -0.439. The van der Waals surface area contributed by atoms with Gasteiger partial charge < -0.3 is 10.3 Å². The molecule has 0 bridgehead atoms. The molecule has 24 heavy (non-hydrogen) atoms. The lowest BCUT2D eigenvalue weighted by Gasteiger charge is -2.13. The number of benzene rings is 2. The van der Waals surface area contributed by atoms with Gasteiger partial charge in [-0.05, 0) is 42.2 Å². The molecule has 0 aliphatic rings. The van der Waals surface area contributed by atoms with E-state index in [1.807, 2.05) is 24.3 Å². The average molecular weight is 368 g/mol. The Morgan fingerprint density at radius 3 is 2.67 bits per heavy atom. The second-order valence-electron chi connectivity index (χ2n) is 5.28. The molecule has 7 heteroatoms. The number of rotatable bonds is 4. The van der Waals surface area contributed by atoms with E-state index in [-0.39, 0.29) is 17.4 Å². The Balaban J connectivity index is 0.00000208.